The molecule has 3 N–H and O–H groups in total. The Morgan fingerprint density at radius 2 is 1.52 bits per heavy atom. The van der Waals surface area contributed by atoms with Crippen LogP contribution in [0.4, 0.5) is 5.69 Å². The van der Waals surface area contributed by atoms with Crippen LogP contribution in [0.25, 0.3) is 10.9 Å². The maximum atomic E-state index is 13.2. The quantitative estimate of drug-likeness (QED) is 0.380. The van der Waals surface area contributed by atoms with Crippen LogP contribution in [0.1, 0.15) is 17.2 Å². The number of anilines is 1. The van der Waals surface area contributed by atoms with Crippen molar-refractivity contribution in [2.75, 3.05) is 19.5 Å². The Labute approximate surface area is 191 Å². The van der Waals surface area contributed by atoms with Crippen LogP contribution in [0, 0.1) is 0 Å². The summed E-state index contributed by atoms with van der Waals surface area (Å²) in [4.78, 5) is 29.3. The highest BCUT2D eigenvalue weighted by atomic mass is 16.5. The first-order valence-corrected chi connectivity index (χ1v) is 10.5. The number of amides is 2. The number of aromatic amines is 1. The molecule has 0 bridgehead atoms. The van der Waals surface area contributed by atoms with Gasteiger partial charge in [-0.3, -0.25) is 9.59 Å². The maximum absolute atomic E-state index is 13.2. The predicted octanol–water partition coefficient (Wildman–Crippen LogP) is 4.22. The van der Waals surface area contributed by atoms with Crippen molar-refractivity contribution in [1.82, 2.24) is 10.3 Å². The largest absolute Gasteiger partial charge is 0.497 e. The number of nitrogens with one attached hydrogen (secondary N) is 3. The molecule has 4 aromatic rings. The van der Waals surface area contributed by atoms with Crippen LogP contribution in [0.5, 0.6) is 11.5 Å². The van der Waals surface area contributed by atoms with E-state index in [-0.39, 0.29) is 18.2 Å². The fourth-order valence-electron chi connectivity index (χ4n) is 3.65. The van der Waals surface area contributed by atoms with Gasteiger partial charge in [-0.05, 0) is 53.6 Å². The van der Waals surface area contributed by atoms with E-state index >= 15 is 0 Å². The van der Waals surface area contributed by atoms with E-state index in [1.807, 2.05) is 30.5 Å². The SMILES string of the molecule is COc1ccc(NC(=O)[C@H](NC(=O)Cc2c[nH]c3ccccc23)c2ccc(OC)cc2)cc1. The molecule has 0 unspecified atom stereocenters. The number of para-hydroxylation sites is 1. The Morgan fingerprint density at radius 3 is 2.18 bits per heavy atom. The zero-order chi connectivity index (χ0) is 23.2. The number of aromatic nitrogens is 1. The molecule has 7 heteroatoms. The van der Waals surface area contributed by atoms with Crippen LogP contribution in [0.15, 0.2) is 79.0 Å². The molecule has 0 saturated heterocycles. The summed E-state index contributed by atoms with van der Waals surface area (Å²) in [6.45, 7) is 0. The van der Waals surface area contributed by atoms with Gasteiger partial charge in [0.05, 0.1) is 20.6 Å². The van der Waals surface area contributed by atoms with Crippen molar-refractivity contribution in [3.63, 3.8) is 0 Å². The monoisotopic (exact) mass is 443 g/mol. The third-order valence-corrected chi connectivity index (χ3v) is 5.40. The molecule has 0 aliphatic carbocycles. The van der Waals surface area contributed by atoms with Gasteiger partial charge in [0.2, 0.25) is 5.91 Å². The molecule has 1 aromatic heterocycles. The number of H-pyrrole nitrogens is 1. The second-order valence-electron chi connectivity index (χ2n) is 7.53. The van der Waals surface area contributed by atoms with E-state index < -0.39 is 6.04 Å². The zero-order valence-electron chi connectivity index (χ0n) is 18.4. The molecular weight excluding hydrogens is 418 g/mol. The van der Waals surface area contributed by atoms with E-state index in [0.29, 0.717) is 22.7 Å². The lowest BCUT2D eigenvalue weighted by molar-refractivity contribution is -0.126. The highest BCUT2D eigenvalue weighted by Gasteiger charge is 2.24. The molecular formula is C26H25N3O4. The van der Waals surface area contributed by atoms with Crippen LogP contribution in [-0.4, -0.2) is 31.0 Å². The topological polar surface area (TPSA) is 92.5 Å². The Bertz CT molecular complexity index is 1250. The fraction of sp³-hybridized carbons (Fsp3) is 0.154. The third kappa shape index (κ3) is 5.15. The van der Waals surface area contributed by atoms with Crippen LogP contribution in [-0.2, 0) is 16.0 Å². The van der Waals surface area contributed by atoms with Crippen molar-refractivity contribution in [2.24, 2.45) is 0 Å². The summed E-state index contributed by atoms with van der Waals surface area (Å²) >= 11 is 0. The van der Waals surface area contributed by atoms with Crippen molar-refractivity contribution < 1.29 is 19.1 Å². The van der Waals surface area contributed by atoms with Gasteiger partial charge in [-0.2, -0.15) is 0 Å². The standard InChI is InChI=1S/C26H25N3O4/c1-32-20-11-7-17(8-12-20)25(26(31)28-19-9-13-21(33-2)14-10-19)29-24(30)15-18-16-27-23-6-4-3-5-22(18)23/h3-14,16,25,27H,15H2,1-2H3,(H,28,31)(H,29,30)/t25-/m1/s1. The highest BCUT2D eigenvalue weighted by Crippen LogP contribution is 2.22. The number of benzene rings is 3. The van der Waals surface area contributed by atoms with Crippen molar-refractivity contribution in [2.45, 2.75) is 12.5 Å². The first-order chi connectivity index (χ1) is 16.1. The summed E-state index contributed by atoms with van der Waals surface area (Å²) in [5.41, 5.74) is 3.08. The van der Waals surface area contributed by atoms with Crippen LogP contribution < -0.4 is 20.1 Å². The first-order valence-electron chi connectivity index (χ1n) is 10.5. The number of hydrogen-bond donors (Lipinski definition) is 3. The zero-order valence-corrected chi connectivity index (χ0v) is 18.4. The summed E-state index contributed by atoms with van der Waals surface area (Å²) in [6.07, 6.45) is 1.97. The van der Waals surface area contributed by atoms with Crippen LogP contribution >= 0.6 is 0 Å². The molecule has 33 heavy (non-hydrogen) atoms. The lowest BCUT2D eigenvalue weighted by atomic mass is 10.0. The lowest BCUT2D eigenvalue weighted by Gasteiger charge is -2.19. The smallest absolute Gasteiger partial charge is 0.251 e. The summed E-state index contributed by atoms with van der Waals surface area (Å²) < 4.78 is 10.4. The molecule has 1 atom stereocenters. The van der Waals surface area contributed by atoms with E-state index in [1.54, 1.807) is 62.8 Å². The number of fused-ring (bicyclic) bond motifs is 1. The van der Waals surface area contributed by atoms with Crippen molar-refractivity contribution in [3.05, 3.63) is 90.1 Å². The van der Waals surface area contributed by atoms with Gasteiger partial charge in [-0.15, -0.1) is 0 Å². The van der Waals surface area contributed by atoms with Gasteiger partial charge in [0.25, 0.3) is 5.91 Å². The minimum absolute atomic E-state index is 0.145. The molecule has 4 rings (SSSR count). The van der Waals surface area contributed by atoms with E-state index in [1.165, 1.54) is 0 Å². The van der Waals surface area contributed by atoms with Gasteiger partial charge in [0.15, 0.2) is 0 Å². The highest BCUT2D eigenvalue weighted by molar-refractivity contribution is 5.98. The summed E-state index contributed by atoms with van der Waals surface area (Å²) in [7, 11) is 3.16. The molecule has 0 fully saturated rings. The second kappa shape index (κ2) is 9.91. The summed E-state index contributed by atoms with van der Waals surface area (Å²) in [6, 6.07) is 21.0. The summed E-state index contributed by atoms with van der Waals surface area (Å²) in [5.74, 6) is 0.743. The van der Waals surface area contributed by atoms with Crippen LogP contribution in [0.3, 0.4) is 0 Å². The predicted molar refractivity (Wildman–Crippen MR) is 128 cm³/mol. The Hall–Kier alpha value is -4.26. The van der Waals surface area contributed by atoms with Crippen molar-refractivity contribution in [3.8, 4) is 11.5 Å². The molecule has 0 radical (unpaired) electrons. The summed E-state index contributed by atoms with van der Waals surface area (Å²) in [5, 5.41) is 6.74. The van der Waals surface area contributed by atoms with Crippen molar-refractivity contribution >= 4 is 28.4 Å². The van der Waals surface area contributed by atoms with Gasteiger partial charge in [-0.1, -0.05) is 30.3 Å². The molecule has 0 saturated carbocycles. The number of carbonyl (C=O) groups is 2. The van der Waals surface area contributed by atoms with Gasteiger partial charge in [0, 0.05) is 22.8 Å². The lowest BCUT2D eigenvalue weighted by Crippen LogP contribution is -2.37. The molecule has 2 amide bonds. The van der Waals surface area contributed by atoms with E-state index in [4.69, 9.17) is 9.47 Å². The molecule has 168 valence electrons. The van der Waals surface area contributed by atoms with Gasteiger partial charge >= 0.3 is 0 Å². The third-order valence-electron chi connectivity index (χ3n) is 5.40. The molecule has 0 spiro atoms. The molecule has 0 aliphatic rings. The average molecular weight is 444 g/mol. The Morgan fingerprint density at radius 1 is 0.879 bits per heavy atom. The van der Waals surface area contributed by atoms with Crippen molar-refractivity contribution in [1.29, 1.82) is 0 Å². The average Bonchev–Trinajstić information content (AvgIpc) is 3.25. The normalized spacial score (nSPS) is 11.6. The minimum Gasteiger partial charge on any atom is -0.497 e. The number of methoxy groups -OCH3 is 2. The van der Waals surface area contributed by atoms with Gasteiger partial charge in [-0.25, -0.2) is 0 Å². The van der Waals surface area contributed by atoms with Gasteiger partial charge < -0.3 is 25.1 Å². The number of hydrogen-bond acceptors (Lipinski definition) is 4. The Balaban J connectivity index is 1.54. The van der Waals surface area contributed by atoms with E-state index in [2.05, 4.69) is 15.6 Å². The number of carbonyl (C=O) groups excluding carboxylic acids is 2. The maximum Gasteiger partial charge on any atom is 0.251 e. The number of rotatable bonds is 8. The first kappa shape index (κ1) is 22.0. The second-order valence-corrected chi connectivity index (χ2v) is 7.53. The number of ether oxygens (including phenoxy) is 2. The van der Waals surface area contributed by atoms with Crippen LogP contribution in [0.2, 0.25) is 0 Å². The van der Waals surface area contributed by atoms with E-state index in [0.717, 1.165) is 16.5 Å². The molecule has 3 aromatic carbocycles. The molecule has 7 nitrogen and oxygen atoms in total. The molecule has 0 aliphatic heterocycles. The van der Waals surface area contributed by atoms with E-state index in [9.17, 15) is 9.59 Å². The van der Waals surface area contributed by atoms with Gasteiger partial charge in [0.1, 0.15) is 17.5 Å². The Kier molecular flexibility index (Phi) is 6.59. The minimum atomic E-state index is -0.879. The molecule has 1 heterocycles. The fourth-order valence-corrected chi connectivity index (χ4v) is 3.65.